The fourth-order valence-corrected chi connectivity index (χ4v) is 2.54. The molecule has 0 unspecified atom stereocenters. The number of halogens is 1. The minimum absolute atomic E-state index is 0.189. The molecule has 0 radical (unpaired) electrons. The van der Waals surface area contributed by atoms with Gasteiger partial charge in [0.05, 0.1) is 12.6 Å². The van der Waals surface area contributed by atoms with Crippen molar-refractivity contribution in [2.75, 3.05) is 6.79 Å². The maximum atomic E-state index is 11.9. The van der Waals surface area contributed by atoms with Crippen LogP contribution in [0.5, 0.6) is 11.5 Å². The van der Waals surface area contributed by atoms with Crippen LogP contribution < -0.4 is 14.9 Å². The van der Waals surface area contributed by atoms with Gasteiger partial charge in [-0.25, -0.2) is 5.43 Å². The molecule has 1 N–H and O–H groups in total. The molecule has 0 aliphatic carbocycles. The minimum atomic E-state index is -0.189. The number of carbonyl (C=O) groups excluding carboxylic acids is 1. The number of ether oxygens (including phenoxy) is 2. The lowest BCUT2D eigenvalue weighted by molar-refractivity contribution is -0.120. The molecule has 1 aliphatic heterocycles. The van der Waals surface area contributed by atoms with Gasteiger partial charge >= 0.3 is 0 Å². The van der Waals surface area contributed by atoms with Gasteiger partial charge in [-0.3, -0.25) is 4.79 Å². The van der Waals surface area contributed by atoms with E-state index in [1.165, 1.54) is 0 Å². The summed E-state index contributed by atoms with van der Waals surface area (Å²) in [4.78, 5) is 11.9. The molecule has 6 heteroatoms. The average molecular weight is 375 g/mol. The average Bonchev–Trinajstić information content (AvgIpc) is 2.98. The van der Waals surface area contributed by atoms with Crippen molar-refractivity contribution in [3.8, 4) is 11.5 Å². The second-order valence-electron chi connectivity index (χ2n) is 5.17. The van der Waals surface area contributed by atoms with Crippen molar-refractivity contribution in [3.63, 3.8) is 0 Å². The number of hydrogen-bond acceptors (Lipinski definition) is 4. The Kier molecular flexibility index (Phi) is 4.62. The number of amides is 1. The van der Waals surface area contributed by atoms with Crippen molar-refractivity contribution in [2.45, 2.75) is 13.3 Å². The highest BCUT2D eigenvalue weighted by Crippen LogP contribution is 2.32. The number of aryl methyl sites for hydroxylation is 1. The molecule has 1 amide bonds. The second kappa shape index (κ2) is 6.83. The van der Waals surface area contributed by atoms with E-state index in [0.29, 0.717) is 11.5 Å². The predicted molar refractivity (Wildman–Crippen MR) is 90.9 cm³/mol. The van der Waals surface area contributed by atoms with Crippen molar-refractivity contribution >= 4 is 28.1 Å². The van der Waals surface area contributed by atoms with Gasteiger partial charge < -0.3 is 9.47 Å². The van der Waals surface area contributed by atoms with Gasteiger partial charge in [0.25, 0.3) is 0 Å². The van der Waals surface area contributed by atoms with Crippen LogP contribution in [0.1, 0.15) is 16.7 Å². The zero-order valence-corrected chi connectivity index (χ0v) is 14.1. The summed E-state index contributed by atoms with van der Waals surface area (Å²) in [5, 5.41) is 3.98. The maximum absolute atomic E-state index is 11.9. The Bertz CT molecular complexity index is 774. The topological polar surface area (TPSA) is 59.9 Å². The third-order valence-electron chi connectivity index (χ3n) is 3.40. The molecule has 3 rings (SSSR count). The van der Waals surface area contributed by atoms with Crippen LogP contribution in [0.15, 0.2) is 46.0 Å². The minimum Gasteiger partial charge on any atom is -0.454 e. The summed E-state index contributed by atoms with van der Waals surface area (Å²) in [7, 11) is 0. The molecule has 2 aromatic rings. The van der Waals surface area contributed by atoms with E-state index >= 15 is 0 Å². The van der Waals surface area contributed by atoms with Crippen molar-refractivity contribution in [3.05, 3.63) is 57.6 Å². The first kappa shape index (κ1) is 15.6. The second-order valence-corrected chi connectivity index (χ2v) is 6.02. The third-order valence-corrected chi connectivity index (χ3v) is 4.25. The molecule has 23 heavy (non-hydrogen) atoms. The summed E-state index contributed by atoms with van der Waals surface area (Å²) in [6.45, 7) is 2.24. The Balaban J connectivity index is 1.57. The van der Waals surface area contributed by atoms with E-state index in [9.17, 15) is 4.79 Å². The largest absolute Gasteiger partial charge is 0.454 e. The normalized spacial score (nSPS) is 12.6. The highest BCUT2D eigenvalue weighted by atomic mass is 79.9. The van der Waals surface area contributed by atoms with Crippen LogP contribution in [0.25, 0.3) is 0 Å². The van der Waals surface area contributed by atoms with E-state index in [1.54, 1.807) is 12.3 Å². The van der Waals surface area contributed by atoms with E-state index in [0.717, 1.165) is 21.2 Å². The van der Waals surface area contributed by atoms with Gasteiger partial charge in [-0.2, -0.15) is 5.10 Å². The first-order valence-electron chi connectivity index (χ1n) is 7.08. The van der Waals surface area contributed by atoms with Crippen molar-refractivity contribution in [1.82, 2.24) is 5.43 Å². The highest BCUT2D eigenvalue weighted by Gasteiger charge is 2.14. The maximum Gasteiger partial charge on any atom is 0.244 e. The molecule has 1 heterocycles. The van der Waals surface area contributed by atoms with E-state index in [-0.39, 0.29) is 19.1 Å². The van der Waals surface area contributed by atoms with Crippen molar-refractivity contribution < 1.29 is 14.3 Å². The smallest absolute Gasteiger partial charge is 0.244 e. The number of benzene rings is 2. The number of carbonyl (C=O) groups is 1. The number of hydrazone groups is 1. The molecule has 0 bridgehead atoms. The van der Waals surface area contributed by atoms with E-state index in [2.05, 4.69) is 26.5 Å². The number of nitrogens with one attached hydrogen (secondary N) is 1. The van der Waals surface area contributed by atoms with Crippen molar-refractivity contribution in [1.29, 1.82) is 0 Å². The van der Waals surface area contributed by atoms with Crippen molar-refractivity contribution in [2.24, 2.45) is 5.10 Å². The molecule has 0 aromatic heterocycles. The highest BCUT2D eigenvalue weighted by molar-refractivity contribution is 9.10. The molecule has 0 saturated heterocycles. The number of hydrogen-bond donors (Lipinski definition) is 1. The van der Waals surface area contributed by atoms with Crippen LogP contribution >= 0.6 is 15.9 Å². The van der Waals surface area contributed by atoms with Gasteiger partial charge in [-0.05, 0) is 41.8 Å². The molecule has 1 aliphatic rings. The fraction of sp³-hybridized carbons (Fsp3) is 0.176. The Morgan fingerprint density at radius 2 is 2.09 bits per heavy atom. The molecule has 0 spiro atoms. The van der Waals surface area contributed by atoms with E-state index in [1.807, 2.05) is 37.3 Å². The van der Waals surface area contributed by atoms with Crippen LogP contribution in [-0.4, -0.2) is 18.9 Å². The third kappa shape index (κ3) is 3.90. The zero-order chi connectivity index (χ0) is 16.2. The van der Waals surface area contributed by atoms with E-state index in [4.69, 9.17) is 9.47 Å². The lowest BCUT2D eigenvalue weighted by atomic mass is 10.1. The molecule has 0 fully saturated rings. The predicted octanol–water partition coefficient (Wildman–Crippen LogP) is 3.18. The quantitative estimate of drug-likeness (QED) is 0.660. The molecule has 118 valence electrons. The Labute approximate surface area is 142 Å². The standard InChI is InChI=1S/C17H15BrN2O3/c1-11-2-3-13(6-14(11)18)9-19-20-17(21)8-12-4-5-15-16(7-12)23-10-22-15/h2-7,9H,8,10H2,1H3,(H,20,21)/b19-9-. The summed E-state index contributed by atoms with van der Waals surface area (Å²) in [6, 6.07) is 11.3. The molecule has 5 nitrogen and oxygen atoms in total. The van der Waals surface area contributed by atoms with Gasteiger partial charge in [0.2, 0.25) is 12.7 Å². The van der Waals surface area contributed by atoms with Crippen LogP contribution in [0.2, 0.25) is 0 Å². The van der Waals surface area contributed by atoms with Gasteiger partial charge in [0, 0.05) is 4.47 Å². The molecule has 0 atom stereocenters. The van der Waals surface area contributed by atoms with Crippen LogP contribution in [0, 0.1) is 6.92 Å². The Morgan fingerprint density at radius 3 is 2.91 bits per heavy atom. The lowest BCUT2D eigenvalue weighted by Gasteiger charge is -2.03. The first-order chi connectivity index (χ1) is 11.1. The van der Waals surface area contributed by atoms with E-state index < -0.39 is 0 Å². The van der Waals surface area contributed by atoms with Crippen LogP contribution in [-0.2, 0) is 11.2 Å². The van der Waals surface area contributed by atoms with Gasteiger partial charge in [-0.15, -0.1) is 0 Å². The summed E-state index contributed by atoms with van der Waals surface area (Å²) in [5.41, 5.74) is 5.43. The number of nitrogens with zero attached hydrogens (tertiary/aromatic N) is 1. The van der Waals surface area contributed by atoms with Crippen LogP contribution in [0.3, 0.4) is 0 Å². The Morgan fingerprint density at radius 1 is 1.26 bits per heavy atom. The summed E-state index contributed by atoms with van der Waals surface area (Å²) >= 11 is 3.46. The summed E-state index contributed by atoms with van der Waals surface area (Å²) < 4.78 is 11.5. The van der Waals surface area contributed by atoms with Gasteiger partial charge in [0.1, 0.15) is 0 Å². The summed E-state index contributed by atoms with van der Waals surface area (Å²) in [6.07, 6.45) is 1.84. The number of rotatable bonds is 4. The fourth-order valence-electron chi connectivity index (χ4n) is 2.14. The zero-order valence-electron chi connectivity index (χ0n) is 12.5. The summed E-state index contributed by atoms with van der Waals surface area (Å²) in [5.74, 6) is 1.19. The first-order valence-corrected chi connectivity index (χ1v) is 7.88. The number of fused-ring (bicyclic) bond motifs is 1. The molecule has 2 aromatic carbocycles. The monoisotopic (exact) mass is 374 g/mol. The molecular formula is C17H15BrN2O3. The van der Waals surface area contributed by atoms with Gasteiger partial charge in [-0.1, -0.05) is 34.1 Å². The molecular weight excluding hydrogens is 360 g/mol. The SMILES string of the molecule is Cc1ccc(/C=N\NC(=O)Cc2ccc3c(c2)OCO3)cc1Br. The molecule has 0 saturated carbocycles. The lowest BCUT2D eigenvalue weighted by Crippen LogP contribution is -2.19. The van der Waals surface area contributed by atoms with Gasteiger partial charge in [0.15, 0.2) is 11.5 Å². The van der Waals surface area contributed by atoms with Crippen LogP contribution in [0.4, 0.5) is 0 Å². The Hall–Kier alpha value is -2.34.